The number of amides is 1. The number of nitrogens with one attached hydrogen (secondary N) is 1. The van der Waals surface area contributed by atoms with E-state index in [1.807, 2.05) is 62.3 Å². The second kappa shape index (κ2) is 22.0. The van der Waals surface area contributed by atoms with E-state index in [4.69, 9.17) is 14.6 Å². The number of ketones is 1. The average Bonchev–Trinajstić information content (AvgIpc) is 2.96. The third-order valence-electron chi connectivity index (χ3n) is 6.46. The van der Waals surface area contributed by atoms with Gasteiger partial charge < -0.3 is 30.1 Å². The van der Waals surface area contributed by atoms with Crippen LogP contribution in [0.1, 0.15) is 115 Å². The molecular formula is C37H62N2O8. The first-order valence-electron chi connectivity index (χ1n) is 16.5. The summed E-state index contributed by atoms with van der Waals surface area (Å²) < 4.78 is 10.6. The Hall–Kier alpha value is -3.66. The fraction of sp³-hybridized carbons (Fsp3) is 0.622. The van der Waals surface area contributed by atoms with Crippen LogP contribution >= 0.6 is 0 Å². The Morgan fingerprint density at radius 2 is 1.53 bits per heavy atom. The van der Waals surface area contributed by atoms with Crippen LogP contribution in [0.2, 0.25) is 0 Å². The number of esters is 1. The fourth-order valence-corrected chi connectivity index (χ4v) is 4.06. The summed E-state index contributed by atoms with van der Waals surface area (Å²) in [6, 6.07) is 5.66. The molecule has 1 aliphatic carbocycles. The van der Waals surface area contributed by atoms with Gasteiger partial charge in [-0.2, -0.15) is 0 Å². The van der Waals surface area contributed by atoms with Crippen molar-refractivity contribution >= 4 is 23.6 Å². The molecule has 0 spiro atoms. The minimum absolute atomic E-state index is 0.0168. The highest BCUT2D eigenvalue weighted by Gasteiger charge is 2.35. The van der Waals surface area contributed by atoms with Crippen molar-refractivity contribution in [2.45, 2.75) is 133 Å². The first kappa shape index (κ1) is 45.5. The number of aliphatic imine (C=N–C) groups is 1. The number of aliphatic hydroxyl groups is 2. The van der Waals surface area contributed by atoms with Crippen molar-refractivity contribution in [3.8, 4) is 5.75 Å². The number of aromatic hydroxyl groups is 1. The van der Waals surface area contributed by atoms with Gasteiger partial charge in [-0.15, -0.1) is 0 Å². The number of Topliss-reactive ketones (excluding diaryl/α,β-unsaturated/α-hetero) is 1. The minimum atomic E-state index is -0.872. The monoisotopic (exact) mass is 662 g/mol. The van der Waals surface area contributed by atoms with Crippen molar-refractivity contribution in [3.63, 3.8) is 0 Å². The molecule has 268 valence electrons. The highest BCUT2D eigenvalue weighted by molar-refractivity contribution is 6.22. The van der Waals surface area contributed by atoms with Gasteiger partial charge in [-0.05, 0) is 71.1 Å². The summed E-state index contributed by atoms with van der Waals surface area (Å²) in [5.74, 6) is -0.507. The van der Waals surface area contributed by atoms with Crippen molar-refractivity contribution in [1.29, 1.82) is 0 Å². The largest absolute Gasteiger partial charge is 0.511 e. The smallest absolute Gasteiger partial charge is 0.407 e. The van der Waals surface area contributed by atoms with Crippen molar-refractivity contribution in [1.82, 2.24) is 5.32 Å². The Bertz CT molecular complexity index is 1190. The Morgan fingerprint density at radius 3 is 2.00 bits per heavy atom. The molecule has 4 N–H and O–H groups in total. The van der Waals surface area contributed by atoms with Crippen LogP contribution in [-0.2, 0) is 25.5 Å². The molecule has 10 heteroatoms. The lowest BCUT2D eigenvalue weighted by Gasteiger charge is -2.30. The first-order valence-corrected chi connectivity index (χ1v) is 16.5. The van der Waals surface area contributed by atoms with Gasteiger partial charge in [0.05, 0.1) is 12.2 Å². The second-order valence-corrected chi connectivity index (χ2v) is 12.9. The summed E-state index contributed by atoms with van der Waals surface area (Å²) >= 11 is 0. The number of rotatable bonds is 10. The standard InChI is InChI=1S/C24H33NO5.C9H17NO3.2C2H6/c1-7-24(5,6)30-22(29)18(12-16-8-10-17(26)11-9-16)25-15(2)21-19(27)13-23(3,4)14-20(21)28;1-9(2,3)13-8(12)10-6-4-5-7-11;2*1-2/h8-11,18,26-27H,7,12-14H2,1-6H3;4-5,11H,6-7H2,1-3H3,(H,10,12);2*1-2H3/b;5-4+;;. The topological polar surface area (TPSA) is 155 Å². The van der Waals surface area contributed by atoms with Gasteiger partial charge in [-0.3, -0.25) is 9.79 Å². The van der Waals surface area contributed by atoms with E-state index in [1.54, 1.807) is 64.1 Å². The van der Waals surface area contributed by atoms with Gasteiger partial charge in [0.1, 0.15) is 22.7 Å². The van der Waals surface area contributed by atoms with Crippen molar-refractivity contribution in [2.24, 2.45) is 10.4 Å². The molecule has 10 nitrogen and oxygen atoms in total. The van der Waals surface area contributed by atoms with Gasteiger partial charge in [0.2, 0.25) is 0 Å². The molecule has 47 heavy (non-hydrogen) atoms. The second-order valence-electron chi connectivity index (χ2n) is 12.9. The van der Waals surface area contributed by atoms with Crippen LogP contribution < -0.4 is 5.32 Å². The van der Waals surface area contributed by atoms with Crippen LogP contribution in [0.3, 0.4) is 0 Å². The Morgan fingerprint density at radius 1 is 0.979 bits per heavy atom. The summed E-state index contributed by atoms with van der Waals surface area (Å²) in [6.45, 7) is 24.9. The molecule has 0 bridgehead atoms. The molecule has 2 rings (SSSR count). The Kier molecular flexibility index (Phi) is 21.3. The fourth-order valence-electron chi connectivity index (χ4n) is 4.06. The number of aliphatic hydroxyl groups excluding tert-OH is 2. The molecule has 0 radical (unpaired) electrons. The van der Waals surface area contributed by atoms with Gasteiger partial charge in [0, 0.05) is 31.5 Å². The zero-order chi connectivity index (χ0) is 37.0. The first-order chi connectivity index (χ1) is 21.8. The number of nitrogens with zero attached hydrogens (tertiary/aromatic N) is 1. The number of allylic oxidation sites excluding steroid dienone is 2. The highest BCUT2D eigenvalue weighted by Crippen LogP contribution is 2.36. The highest BCUT2D eigenvalue weighted by atomic mass is 16.6. The predicted molar refractivity (Wildman–Crippen MR) is 190 cm³/mol. The zero-order valence-electron chi connectivity index (χ0n) is 31.1. The van der Waals surface area contributed by atoms with Crippen LogP contribution in [0.15, 0.2) is 52.7 Å². The maximum atomic E-state index is 12.9. The minimum Gasteiger partial charge on any atom is -0.511 e. The van der Waals surface area contributed by atoms with E-state index in [0.29, 0.717) is 31.5 Å². The van der Waals surface area contributed by atoms with Crippen LogP contribution in [0.4, 0.5) is 4.79 Å². The van der Waals surface area contributed by atoms with Crippen molar-refractivity contribution < 1.29 is 39.2 Å². The number of carbonyl (C=O) groups is 3. The molecule has 1 unspecified atom stereocenters. The van der Waals surface area contributed by atoms with Crippen LogP contribution in [0.5, 0.6) is 5.75 Å². The normalized spacial score (nSPS) is 15.2. The molecule has 0 saturated carbocycles. The number of ether oxygens (including phenoxy) is 2. The molecule has 1 aromatic rings. The molecule has 0 aromatic heterocycles. The van der Waals surface area contributed by atoms with E-state index < -0.39 is 29.3 Å². The zero-order valence-corrected chi connectivity index (χ0v) is 31.1. The number of hydrogen-bond donors (Lipinski definition) is 4. The lowest BCUT2D eigenvalue weighted by Crippen LogP contribution is -2.35. The summed E-state index contributed by atoms with van der Waals surface area (Å²) in [5, 5.41) is 30.9. The van der Waals surface area contributed by atoms with E-state index in [1.165, 1.54) is 0 Å². The molecule has 0 fully saturated rings. The van der Waals surface area contributed by atoms with Crippen LogP contribution in [-0.4, -0.2) is 69.3 Å². The molecule has 1 amide bonds. The summed E-state index contributed by atoms with van der Waals surface area (Å²) in [7, 11) is 0. The summed E-state index contributed by atoms with van der Waals surface area (Å²) in [4.78, 5) is 41.1. The van der Waals surface area contributed by atoms with Gasteiger partial charge >= 0.3 is 12.1 Å². The number of phenols is 1. The Labute approximate surface area is 283 Å². The lowest BCUT2D eigenvalue weighted by molar-refractivity contribution is -0.158. The van der Waals surface area contributed by atoms with Crippen LogP contribution in [0, 0.1) is 5.41 Å². The number of phenolic OH excluding ortho intramolecular Hbond substituents is 1. The predicted octanol–water partition coefficient (Wildman–Crippen LogP) is 7.81. The van der Waals surface area contributed by atoms with Crippen LogP contribution in [0.25, 0.3) is 0 Å². The molecule has 1 aliphatic rings. The summed E-state index contributed by atoms with van der Waals surface area (Å²) in [5.41, 5.74) is -0.0732. The quantitative estimate of drug-likeness (QED) is 0.112. The Balaban J connectivity index is 0. The SMILES string of the molecule is CC.CC.CC(C)(C)OC(=O)NC/C=C/CO.CCC(C)(C)OC(=O)C(Cc1ccc(O)cc1)N=C(C)C1=C(O)CC(C)(C)CC1=O. The molecule has 1 atom stereocenters. The van der Waals surface area contributed by atoms with Crippen molar-refractivity contribution in [2.75, 3.05) is 13.2 Å². The number of carbonyl (C=O) groups excluding carboxylic acids is 3. The van der Waals surface area contributed by atoms with E-state index in [0.717, 1.165) is 5.56 Å². The molecule has 0 saturated heterocycles. The van der Waals surface area contributed by atoms with Gasteiger partial charge in [0.25, 0.3) is 0 Å². The van der Waals surface area contributed by atoms with E-state index in [9.17, 15) is 24.6 Å². The molecule has 0 aliphatic heterocycles. The molecule has 1 aromatic carbocycles. The number of hydrogen-bond acceptors (Lipinski definition) is 9. The number of alkyl carbamates (subject to hydrolysis) is 1. The maximum absolute atomic E-state index is 12.9. The van der Waals surface area contributed by atoms with E-state index >= 15 is 0 Å². The third-order valence-corrected chi connectivity index (χ3v) is 6.46. The van der Waals surface area contributed by atoms with Gasteiger partial charge in [-0.1, -0.05) is 72.8 Å². The molecular weight excluding hydrogens is 600 g/mol. The van der Waals surface area contributed by atoms with Gasteiger partial charge in [0.15, 0.2) is 11.8 Å². The van der Waals surface area contributed by atoms with E-state index in [2.05, 4.69) is 10.3 Å². The molecule has 0 heterocycles. The third kappa shape index (κ3) is 19.6. The summed E-state index contributed by atoms with van der Waals surface area (Å²) in [6.07, 6.45) is 4.36. The van der Waals surface area contributed by atoms with E-state index in [-0.39, 0.29) is 41.3 Å². The number of benzene rings is 1. The van der Waals surface area contributed by atoms with Crippen molar-refractivity contribution in [3.05, 3.63) is 53.3 Å². The lowest BCUT2D eigenvalue weighted by atomic mass is 9.75. The van der Waals surface area contributed by atoms with Gasteiger partial charge in [-0.25, -0.2) is 9.59 Å². The average molecular weight is 663 g/mol. The maximum Gasteiger partial charge on any atom is 0.407 e.